The second kappa shape index (κ2) is 24.2. The Balaban J connectivity index is 0.00000214. The van der Waals surface area contributed by atoms with Crippen molar-refractivity contribution in [3.05, 3.63) is 48.0 Å². The summed E-state index contributed by atoms with van der Waals surface area (Å²) in [7, 11) is -1.76. The largest absolute Gasteiger partial charge is 0.483 e. The summed E-state index contributed by atoms with van der Waals surface area (Å²) in [5, 5.41) is 41.6. The van der Waals surface area contributed by atoms with Crippen molar-refractivity contribution in [3.8, 4) is 0 Å². The van der Waals surface area contributed by atoms with Crippen molar-refractivity contribution in [3.63, 3.8) is 0 Å². The summed E-state index contributed by atoms with van der Waals surface area (Å²) in [6, 6.07) is 12.0. The number of carbonyl (C=O) groups excluding carboxylic acids is 4. The fourth-order valence-electron chi connectivity index (χ4n) is 9.53. The highest BCUT2D eigenvalue weighted by Crippen LogP contribution is 2.31. The molecule has 2 aromatic carbocycles. The quantitative estimate of drug-likeness (QED) is 0.0710. The summed E-state index contributed by atoms with van der Waals surface area (Å²) >= 11 is 0. The topological polar surface area (TPSA) is 201 Å². The standard InChI is InChI=1S/C43H65BN6O6.CH2O2/c51-40(34-23-22-32-17-10-11-18-33(32)28-34)47-37(27-31-15-5-1-6-16-31)42(53)50-30-36(49-25-13-4-14-26-49)29-38(50)41(52)48-39(44(55)56)21-9-3-12-24-45-43(54)46-35-19-7-2-8-20-35;2-1-3/h10-11,17-18,22-23,28,31,35-39,55-56H,1-9,12-16,19-21,24-27,29-30H2,(H,47,51)(H,48,52)(H2,45,46,54);1H,(H,2,3)/t36-,37-,38+,39+;/m1./s1. The molecule has 2 saturated heterocycles. The molecule has 15 heteroatoms. The number of amides is 5. The third kappa shape index (κ3) is 14.2. The van der Waals surface area contributed by atoms with E-state index < -0.39 is 31.1 Å². The molecule has 2 aliphatic carbocycles. The third-order valence-electron chi connectivity index (χ3n) is 12.8. The Morgan fingerprint density at radius 1 is 0.814 bits per heavy atom. The van der Waals surface area contributed by atoms with Gasteiger partial charge in [0.25, 0.3) is 12.4 Å². The maximum absolute atomic E-state index is 14.8. The van der Waals surface area contributed by atoms with Crippen LogP contribution in [0.1, 0.15) is 132 Å². The first kappa shape index (κ1) is 45.9. The zero-order valence-electron chi connectivity index (χ0n) is 34.7. The van der Waals surface area contributed by atoms with Gasteiger partial charge in [0.2, 0.25) is 11.8 Å². The van der Waals surface area contributed by atoms with Crippen molar-refractivity contribution >= 4 is 48.1 Å². The van der Waals surface area contributed by atoms with E-state index >= 15 is 0 Å². The highest BCUT2D eigenvalue weighted by molar-refractivity contribution is 6.43. The van der Waals surface area contributed by atoms with Gasteiger partial charge in [-0.1, -0.05) is 101 Å². The first-order valence-electron chi connectivity index (χ1n) is 22.3. The van der Waals surface area contributed by atoms with Crippen LogP contribution in [0.3, 0.4) is 0 Å². The summed E-state index contributed by atoms with van der Waals surface area (Å²) in [6.07, 6.45) is 17.7. The van der Waals surface area contributed by atoms with E-state index in [4.69, 9.17) is 9.90 Å². The third-order valence-corrected chi connectivity index (χ3v) is 12.8. The number of piperidine rings is 1. The molecule has 0 aromatic heterocycles. The Bertz CT molecular complexity index is 1650. The van der Waals surface area contributed by atoms with Gasteiger partial charge in [0.05, 0.1) is 5.94 Å². The Kier molecular flexibility index (Phi) is 18.8. The minimum absolute atomic E-state index is 0.00170. The van der Waals surface area contributed by atoms with Crippen molar-refractivity contribution < 1.29 is 39.1 Å². The number of likely N-dealkylation sites (tertiary alicyclic amines) is 2. The molecule has 0 unspecified atom stereocenters. The maximum Gasteiger partial charge on any atom is 0.475 e. The average molecular weight is 819 g/mol. The molecule has 14 nitrogen and oxygen atoms in total. The summed E-state index contributed by atoms with van der Waals surface area (Å²) < 4.78 is 0. The number of urea groups is 1. The van der Waals surface area contributed by atoms with Crippen molar-refractivity contribution in [2.24, 2.45) is 5.92 Å². The van der Waals surface area contributed by atoms with Crippen LogP contribution in [0.15, 0.2) is 42.5 Å². The number of unbranched alkanes of at least 4 members (excludes halogenated alkanes) is 2. The van der Waals surface area contributed by atoms with Gasteiger partial charge in [-0.3, -0.25) is 24.1 Å². The van der Waals surface area contributed by atoms with Gasteiger partial charge in [-0.15, -0.1) is 0 Å². The number of fused-ring (bicyclic) bond motifs is 1. The van der Waals surface area contributed by atoms with Crippen molar-refractivity contribution in [1.29, 1.82) is 0 Å². The Morgan fingerprint density at radius 3 is 2.17 bits per heavy atom. The fourth-order valence-corrected chi connectivity index (χ4v) is 9.53. The highest BCUT2D eigenvalue weighted by atomic mass is 16.4. The lowest BCUT2D eigenvalue weighted by Gasteiger charge is -2.33. The van der Waals surface area contributed by atoms with Gasteiger partial charge in [0.1, 0.15) is 12.1 Å². The van der Waals surface area contributed by atoms with Crippen LogP contribution in [0, 0.1) is 5.92 Å². The molecule has 2 saturated carbocycles. The average Bonchev–Trinajstić information content (AvgIpc) is 3.71. The zero-order valence-corrected chi connectivity index (χ0v) is 34.7. The number of rotatable bonds is 16. The van der Waals surface area contributed by atoms with Gasteiger partial charge in [-0.05, 0) is 93.3 Å². The number of nitrogens with zero attached hydrogens (tertiary/aromatic N) is 2. The van der Waals surface area contributed by atoms with E-state index in [1.54, 1.807) is 11.0 Å². The van der Waals surface area contributed by atoms with E-state index in [1.165, 1.54) is 19.3 Å². The van der Waals surface area contributed by atoms with E-state index in [9.17, 15) is 29.2 Å². The van der Waals surface area contributed by atoms with E-state index in [2.05, 4.69) is 26.2 Å². The molecule has 0 bridgehead atoms. The van der Waals surface area contributed by atoms with Crippen LogP contribution in [-0.2, 0) is 14.4 Å². The highest BCUT2D eigenvalue weighted by Gasteiger charge is 2.45. The monoisotopic (exact) mass is 819 g/mol. The molecule has 6 rings (SSSR count). The Hall–Kier alpha value is -4.21. The fraction of sp³-hybridized carbons (Fsp3) is 0.659. The number of benzene rings is 2. The number of carbonyl (C=O) groups is 5. The van der Waals surface area contributed by atoms with Crippen LogP contribution in [-0.4, -0.2) is 119 Å². The lowest BCUT2D eigenvalue weighted by molar-refractivity contribution is -0.140. The van der Waals surface area contributed by atoms with Crippen molar-refractivity contribution in [2.75, 3.05) is 26.2 Å². The van der Waals surface area contributed by atoms with Crippen molar-refractivity contribution in [2.45, 2.75) is 152 Å². The first-order valence-corrected chi connectivity index (χ1v) is 22.3. The van der Waals surface area contributed by atoms with E-state index in [0.29, 0.717) is 50.3 Å². The smallest absolute Gasteiger partial charge is 0.475 e. The van der Waals surface area contributed by atoms with Crippen LogP contribution in [0.2, 0.25) is 0 Å². The number of hydrogen-bond donors (Lipinski definition) is 7. The predicted octanol–water partition coefficient (Wildman–Crippen LogP) is 4.75. The Morgan fingerprint density at radius 2 is 1.47 bits per heavy atom. The lowest BCUT2D eigenvalue weighted by atomic mass is 9.76. The molecule has 4 fully saturated rings. The molecule has 7 N–H and O–H groups in total. The van der Waals surface area contributed by atoms with Crippen LogP contribution in [0.5, 0.6) is 0 Å². The lowest BCUT2D eigenvalue weighted by Crippen LogP contribution is -2.56. The van der Waals surface area contributed by atoms with E-state index in [-0.39, 0.29) is 36.4 Å². The number of carboxylic acid groups (broad SMARTS) is 1. The van der Waals surface area contributed by atoms with Gasteiger partial charge in [0.15, 0.2) is 0 Å². The van der Waals surface area contributed by atoms with Gasteiger partial charge in [0, 0.05) is 30.7 Å². The molecule has 0 spiro atoms. The molecule has 2 aromatic rings. The molecule has 0 radical (unpaired) electrons. The van der Waals surface area contributed by atoms with Crippen LogP contribution < -0.4 is 21.3 Å². The molecule has 324 valence electrons. The minimum atomic E-state index is -1.76. The SMILES string of the molecule is O=C(NCCCCC[C@H](NC(=O)[C@@H]1C[C@@H](N2CCCCC2)CN1C(=O)[C@@H](CC1CCCCC1)NC(=O)c1ccc2ccccc2c1)B(O)O)NC1CCCCC1.O=CO. The second-order valence-corrected chi connectivity index (χ2v) is 17.0. The van der Waals surface area contributed by atoms with Crippen LogP contribution in [0.4, 0.5) is 4.79 Å². The molecular weight excluding hydrogens is 751 g/mol. The van der Waals surface area contributed by atoms with Gasteiger partial charge >= 0.3 is 13.1 Å². The molecule has 4 atom stereocenters. The molecule has 4 aliphatic rings. The summed E-state index contributed by atoms with van der Waals surface area (Å²) in [4.78, 5) is 67.5. The summed E-state index contributed by atoms with van der Waals surface area (Å²) in [6.45, 7) is 2.49. The first-order chi connectivity index (χ1) is 28.7. The van der Waals surface area contributed by atoms with Gasteiger partial charge < -0.3 is 41.3 Å². The normalized spacial score (nSPS) is 21.4. The number of hydrogen-bond acceptors (Lipinski definition) is 8. The van der Waals surface area contributed by atoms with E-state index in [1.807, 2.05) is 36.4 Å². The molecular formula is C44H67BN6O8. The number of nitrogens with one attached hydrogen (secondary N) is 4. The molecule has 2 aliphatic heterocycles. The van der Waals surface area contributed by atoms with Gasteiger partial charge in [-0.25, -0.2) is 4.79 Å². The minimum Gasteiger partial charge on any atom is -0.483 e. The maximum atomic E-state index is 14.8. The second-order valence-electron chi connectivity index (χ2n) is 17.0. The summed E-state index contributed by atoms with van der Waals surface area (Å²) in [5.74, 6) is -1.54. The van der Waals surface area contributed by atoms with Gasteiger partial charge in [-0.2, -0.15) is 0 Å². The molecule has 5 amide bonds. The zero-order chi connectivity index (χ0) is 42.0. The van der Waals surface area contributed by atoms with Crippen LogP contribution in [0.25, 0.3) is 10.8 Å². The van der Waals surface area contributed by atoms with E-state index in [0.717, 1.165) is 101 Å². The van der Waals surface area contributed by atoms with Crippen molar-refractivity contribution in [1.82, 2.24) is 31.1 Å². The Labute approximate surface area is 349 Å². The predicted molar refractivity (Wildman–Crippen MR) is 228 cm³/mol. The summed E-state index contributed by atoms with van der Waals surface area (Å²) in [5.41, 5.74) is 0.491. The molecule has 59 heavy (non-hydrogen) atoms. The molecule has 2 heterocycles. The van der Waals surface area contributed by atoms with Crippen LogP contribution >= 0.6 is 0 Å².